The first kappa shape index (κ1) is 14.0. The lowest BCUT2D eigenvalue weighted by Gasteiger charge is -2.11. The molecule has 1 aromatic heterocycles. The van der Waals surface area contributed by atoms with Gasteiger partial charge >= 0.3 is 0 Å². The number of aliphatic hydroxyl groups excluding tert-OH is 1. The second kappa shape index (κ2) is 6.63. The molecule has 0 atom stereocenters. The second-order valence-electron chi connectivity index (χ2n) is 4.17. The Balaban J connectivity index is 2.05. The van der Waals surface area contributed by atoms with Gasteiger partial charge in [0.1, 0.15) is 5.82 Å². The predicted octanol–water partition coefficient (Wildman–Crippen LogP) is 2.91. The van der Waals surface area contributed by atoms with Gasteiger partial charge in [-0.15, -0.1) is 0 Å². The molecule has 100 valence electrons. The van der Waals surface area contributed by atoms with Gasteiger partial charge in [-0.05, 0) is 18.2 Å². The predicted molar refractivity (Wildman–Crippen MR) is 78.8 cm³/mol. The summed E-state index contributed by atoms with van der Waals surface area (Å²) < 4.78 is 0.956. The van der Waals surface area contributed by atoms with E-state index in [9.17, 15) is 5.11 Å². The third kappa shape index (κ3) is 3.75. The fourth-order valence-electron chi connectivity index (χ4n) is 1.72. The smallest absolute Gasteiger partial charge is 0.127 e. The van der Waals surface area contributed by atoms with Crippen molar-refractivity contribution >= 4 is 21.6 Å². The summed E-state index contributed by atoms with van der Waals surface area (Å²) in [5.41, 5.74) is 2.80. The number of aromatic nitrogens is 2. The number of rotatable bonds is 5. The molecule has 19 heavy (non-hydrogen) atoms. The Labute approximate surface area is 121 Å². The van der Waals surface area contributed by atoms with Crippen LogP contribution in [0, 0.1) is 0 Å². The molecule has 0 aliphatic carbocycles. The molecule has 2 aromatic rings. The van der Waals surface area contributed by atoms with Crippen LogP contribution in [0.15, 0.2) is 35.1 Å². The van der Waals surface area contributed by atoms with Gasteiger partial charge in [0.05, 0.1) is 6.61 Å². The van der Waals surface area contributed by atoms with Crippen LogP contribution >= 0.6 is 15.9 Å². The first-order chi connectivity index (χ1) is 9.22. The number of benzene rings is 1. The van der Waals surface area contributed by atoms with Gasteiger partial charge in [0.2, 0.25) is 0 Å². The number of halogens is 1. The maximum atomic E-state index is 9.32. The van der Waals surface area contributed by atoms with Crippen molar-refractivity contribution in [1.29, 1.82) is 0 Å². The van der Waals surface area contributed by atoms with Crippen molar-refractivity contribution in [2.75, 3.05) is 5.32 Å². The van der Waals surface area contributed by atoms with Crippen molar-refractivity contribution in [2.24, 2.45) is 0 Å². The third-order valence-electron chi connectivity index (χ3n) is 2.80. The van der Waals surface area contributed by atoms with Crippen LogP contribution in [-0.4, -0.2) is 15.1 Å². The number of anilines is 1. The molecule has 0 aliphatic rings. The quantitative estimate of drug-likeness (QED) is 0.889. The Hall–Kier alpha value is -1.46. The van der Waals surface area contributed by atoms with E-state index in [0.717, 1.165) is 33.5 Å². The maximum absolute atomic E-state index is 9.32. The van der Waals surface area contributed by atoms with Gasteiger partial charge in [0.25, 0.3) is 0 Å². The number of hydrogen-bond donors (Lipinski definition) is 2. The van der Waals surface area contributed by atoms with Crippen molar-refractivity contribution in [3.05, 3.63) is 52.0 Å². The van der Waals surface area contributed by atoms with E-state index in [1.165, 1.54) is 0 Å². The van der Waals surface area contributed by atoms with E-state index in [2.05, 4.69) is 31.2 Å². The fraction of sp³-hybridized carbons (Fsp3) is 0.286. The average Bonchev–Trinajstić information content (AvgIpc) is 2.46. The largest absolute Gasteiger partial charge is 0.392 e. The SMILES string of the molecule is CCc1ncc(CNc2ccc(Br)cc2CO)cn1. The topological polar surface area (TPSA) is 58.0 Å². The van der Waals surface area contributed by atoms with Crippen LogP contribution in [0.25, 0.3) is 0 Å². The lowest BCUT2D eigenvalue weighted by molar-refractivity contribution is 0.282. The first-order valence-corrected chi connectivity index (χ1v) is 6.95. The van der Waals surface area contributed by atoms with Crippen LogP contribution in [0.4, 0.5) is 5.69 Å². The van der Waals surface area contributed by atoms with E-state index in [0.29, 0.717) is 6.54 Å². The minimum atomic E-state index is 0.00699. The number of nitrogens with zero attached hydrogens (tertiary/aromatic N) is 2. The minimum absolute atomic E-state index is 0.00699. The Morgan fingerprint density at radius 1 is 1.26 bits per heavy atom. The first-order valence-electron chi connectivity index (χ1n) is 6.16. The van der Waals surface area contributed by atoms with Crippen molar-refractivity contribution in [3.63, 3.8) is 0 Å². The molecular weight excluding hydrogens is 306 g/mol. The molecule has 0 radical (unpaired) electrons. The fourth-order valence-corrected chi connectivity index (χ4v) is 2.13. The molecule has 0 saturated heterocycles. The van der Waals surface area contributed by atoms with E-state index in [-0.39, 0.29) is 6.61 Å². The molecule has 0 amide bonds. The molecule has 0 spiro atoms. The highest BCUT2D eigenvalue weighted by molar-refractivity contribution is 9.10. The zero-order chi connectivity index (χ0) is 13.7. The standard InChI is InChI=1S/C14H16BrN3O/c1-2-14-17-7-10(8-18-14)6-16-13-4-3-12(15)5-11(13)9-19/h3-5,7-8,16,19H,2,6,9H2,1H3. The zero-order valence-electron chi connectivity index (χ0n) is 10.7. The lowest BCUT2D eigenvalue weighted by Crippen LogP contribution is -2.04. The number of hydrogen-bond acceptors (Lipinski definition) is 4. The van der Waals surface area contributed by atoms with Crippen molar-refractivity contribution in [3.8, 4) is 0 Å². The minimum Gasteiger partial charge on any atom is -0.392 e. The van der Waals surface area contributed by atoms with E-state index in [1.807, 2.05) is 37.5 Å². The van der Waals surface area contributed by atoms with Crippen LogP contribution in [0.2, 0.25) is 0 Å². The molecule has 0 unspecified atom stereocenters. The van der Waals surface area contributed by atoms with Crippen molar-refractivity contribution in [2.45, 2.75) is 26.5 Å². The molecule has 0 aliphatic heterocycles. The molecule has 5 heteroatoms. The summed E-state index contributed by atoms with van der Waals surface area (Å²) in [6, 6.07) is 5.79. The van der Waals surface area contributed by atoms with Crippen LogP contribution < -0.4 is 5.32 Å². The van der Waals surface area contributed by atoms with Gasteiger partial charge in [0.15, 0.2) is 0 Å². The van der Waals surface area contributed by atoms with Gasteiger partial charge in [-0.3, -0.25) is 0 Å². The average molecular weight is 322 g/mol. The van der Waals surface area contributed by atoms with Crippen LogP contribution in [0.5, 0.6) is 0 Å². The second-order valence-corrected chi connectivity index (χ2v) is 5.09. The third-order valence-corrected chi connectivity index (χ3v) is 3.29. The monoisotopic (exact) mass is 321 g/mol. The number of aliphatic hydroxyl groups is 1. The summed E-state index contributed by atoms with van der Waals surface area (Å²) in [5.74, 6) is 0.850. The summed E-state index contributed by atoms with van der Waals surface area (Å²) in [5, 5.41) is 12.6. The highest BCUT2D eigenvalue weighted by atomic mass is 79.9. The molecule has 0 saturated carbocycles. The van der Waals surface area contributed by atoms with E-state index in [1.54, 1.807) is 0 Å². The van der Waals surface area contributed by atoms with E-state index in [4.69, 9.17) is 0 Å². The van der Waals surface area contributed by atoms with E-state index < -0.39 is 0 Å². The molecule has 0 bridgehead atoms. The van der Waals surface area contributed by atoms with Gasteiger partial charge < -0.3 is 10.4 Å². The molecule has 4 nitrogen and oxygen atoms in total. The van der Waals surface area contributed by atoms with Gasteiger partial charge in [-0.1, -0.05) is 22.9 Å². The molecule has 2 N–H and O–H groups in total. The molecule has 2 rings (SSSR count). The molecular formula is C14H16BrN3O. The maximum Gasteiger partial charge on any atom is 0.127 e. The summed E-state index contributed by atoms with van der Waals surface area (Å²) in [4.78, 5) is 8.52. The van der Waals surface area contributed by atoms with Crippen LogP contribution in [0.3, 0.4) is 0 Å². The summed E-state index contributed by atoms with van der Waals surface area (Å²) in [6.45, 7) is 2.67. The Kier molecular flexibility index (Phi) is 4.87. The van der Waals surface area contributed by atoms with Crippen molar-refractivity contribution < 1.29 is 5.11 Å². The molecule has 1 aromatic carbocycles. The van der Waals surface area contributed by atoms with Gasteiger partial charge in [-0.25, -0.2) is 9.97 Å². The number of aryl methyl sites for hydroxylation is 1. The van der Waals surface area contributed by atoms with Crippen LogP contribution in [-0.2, 0) is 19.6 Å². The molecule has 1 heterocycles. The van der Waals surface area contributed by atoms with E-state index >= 15 is 0 Å². The van der Waals surface area contributed by atoms with Gasteiger partial charge in [0, 0.05) is 46.6 Å². The lowest BCUT2D eigenvalue weighted by atomic mass is 10.2. The Morgan fingerprint density at radius 2 is 2.00 bits per heavy atom. The van der Waals surface area contributed by atoms with Gasteiger partial charge in [-0.2, -0.15) is 0 Å². The Bertz CT molecular complexity index is 543. The molecule has 0 fully saturated rings. The highest BCUT2D eigenvalue weighted by Gasteiger charge is 2.03. The number of nitrogens with one attached hydrogen (secondary N) is 1. The zero-order valence-corrected chi connectivity index (χ0v) is 12.3. The highest BCUT2D eigenvalue weighted by Crippen LogP contribution is 2.21. The van der Waals surface area contributed by atoms with Crippen molar-refractivity contribution in [1.82, 2.24) is 9.97 Å². The summed E-state index contributed by atoms with van der Waals surface area (Å²) in [7, 11) is 0. The summed E-state index contributed by atoms with van der Waals surface area (Å²) in [6.07, 6.45) is 4.50. The Morgan fingerprint density at radius 3 is 2.63 bits per heavy atom. The normalized spacial score (nSPS) is 10.5. The summed E-state index contributed by atoms with van der Waals surface area (Å²) >= 11 is 3.39. The van der Waals surface area contributed by atoms with Crippen LogP contribution in [0.1, 0.15) is 23.9 Å².